The third-order valence-electron chi connectivity index (χ3n) is 3.18. The fourth-order valence-electron chi connectivity index (χ4n) is 2.15. The molecule has 2 heterocycles. The van der Waals surface area contributed by atoms with E-state index < -0.39 is 4.92 Å². The van der Waals surface area contributed by atoms with E-state index in [9.17, 15) is 10.1 Å². The van der Waals surface area contributed by atoms with Crippen LogP contribution in [-0.4, -0.2) is 54.1 Å². The molecule has 1 aliphatic heterocycles. The van der Waals surface area contributed by atoms with Gasteiger partial charge in [-0.2, -0.15) is 0 Å². The Balaban J connectivity index is 1.80. The molecule has 7 nitrogen and oxygen atoms in total. The molecule has 1 aromatic rings. The van der Waals surface area contributed by atoms with E-state index in [1.807, 2.05) is 0 Å². The Labute approximate surface area is 122 Å². The average molecular weight is 300 g/mol. The van der Waals surface area contributed by atoms with E-state index in [0.29, 0.717) is 6.54 Å². The molecule has 1 aliphatic rings. The largest absolute Gasteiger partial charge is 0.364 e. The highest BCUT2D eigenvalue weighted by Crippen LogP contribution is 2.24. The molecule has 0 aromatic carbocycles. The van der Waals surface area contributed by atoms with Crippen LogP contribution in [0.5, 0.6) is 0 Å². The molecule has 0 atom stereocenters. The van der Waals surface area contributed by atoms with Crippen LogP contribution in [0.25, 0.3) is 0 Å². The maximum absolute atomic E-state index is 10.9. The Kier molecular flexibility index (Phi) is 5.51. The van der Waals surface area contributed by atoms with E-state index in [4.69, 9.17) is 11.6 Å². The summed E-state index contributed by atoms with van der Waals surface area (Å²) in [6.07, 6.45) is 2.33. The van der Waals surface area contributed by atoms with Gasteiger partial charge in [0.25, 0.3) is 0 Å². The summed E-state index contributed by atoms with van der Waals surface area (Å²) >= 11 is 5.72. The van der Waals surface area contributed by atoms with E-state index >= 15 is 0 Å². The van der Waals surface area contributed by atoms with Crippen LogP contribution in [0.1, 0.15) is 6.42 Å². The first-order chi connectivity index (χ1) is 9.66. The lowest BCUT2D eigenvalue weighted by molar-refractivity contribution is -0.384. The monoisotopic (exact) mass is 299 g/mol. The number of pyridine rings is 1. The van der Waals surface area contributed by atoms with Gasteiger partial charge in [0.05, 0.1) is 9.95 Å². The van der Waals surface area contributed by atoms with Crippen LogP contribution in [0.2, 0.25) is 5.02 Å². The highest BCUT2D eigenvalue weighted by Gasteiger charge is 2.15. The lowest BCUT2D eigenvalue weighted by Crippen LogP contribution is -2.44. The maximum atomic E-state index is 10.9. The predicted octanol–water partition coefficient (Wildman–Crippen LogP) is 1.35. The second-order valence-electron chi connectivity index (χ2n) is 4.65. The normalized spacial score (nSPS) is 16.1. The Morgan fingerprint density at radius 3 is 2.95 bits per heavy atom. The number of aromatic nitrogens is 1. The van der Waals surface area contributed by atoms with Crippen molar-refractivity contribution in [3.05, 3.63) is 27.4 Å². The van der Waals surface area contributed by atoms with Crippen LogP contribution >= 0.6 is 11.6 Å². The van der Waals surface area contributed by atoms with Crippen LogP contribution in [-0.2, 0) is 0 Å². The number of anilines is 1. The number of nitro groups is 1. The van der Waals surface area contributed by atoms with Gasteiger partial charge in [0, 0.05) is 45.0 Å². The summed E-state index contributed by atoms with van der Waals surface area (Å²) in [5.74, 6) is 0.278. The number of hydrogen-bond acceptors (Lipinski definition) is 6. The molecule has 1 saturated heterocycles. The summed E-state index contributed by atoms with van der Waals surface area (Å²) in [6.45, 7) is 5.80. The van der Waals surface area contributed by atoms with E-state index in [-0.39, 0.29) is 16.5 Å². The molecule has 20 heavy (non-hydrogen) atoms. The molecule has 8 heteroatoms. The Morgan fingerprint density at radius 2 is 2.25 bits per heavy atom. The van der Waals surface area contributed by atoms with E-state index in [1.54, 1.807) is 0 Å². The molecule has 0 aliphatic carbocycles. The van der Waals surface area contributed by atoms with Crippen LogP contribution in [0.4, 0.5) is 11.5 Å². The molecule has 0 saturated carbocycles. The van der Waals surface area contributed by atoms with Gasteiger partial charge < -0.3 is 15.5 Å². The first-order valence-corrected chi connectivity index (χ1v) is 7.01. The standard InChI is InChI=1S/C12H18ClN5O2/c13-10-8-11(18(19)20)12(16-9-10)15-2-1-5-17-6-3-14-4-7-17/h8-9,14H,1-7H2,(H,15,16). The maximum Gasteiger partial charge on any atom is 0.312 e. The molecule has 1 fully saturated rings. The van der Waals surface area contributed by atoms with Crippen LogP contribution in [0.15, 0.2) is 12.3 Å². The van der Waals surface area contributed by atoms with Gasteiger partial charge in [-0.15, -0.1) is 0 Å². The fraction of sp³-hybridized carbons (Fsp3) is 0.583. The molecule has 0 radical (unpaired) electrons. The van der Waals surface area contributed by atoms with E-state index in [2.05, 4.69) is 20.5 Å². The molecule has 0 bridgehead atoms. The average Bonchev–Trinajstić information content (AvgIpc) is 2.45. The number of halogens is 1. The Bertz CT molecular complexity index is 465. The number of nitrogens with one attached hydrogen (secondary N) is 2. The SMILES string of the molecule is O=[N+]([O-])c1cc(Cl)cnc1NCCCN1CCNCC1. The van der Waals surface area contributed by atoms with Crippen molar-refractivity contribution in [2.24, 2.45) is 0 Å². The van der Waals surface area contributed by atoms with Crippen molar-refractivity contribution < 1.29 is 4.92 Å². The Morgan fingerprint density at radius 1 is 1.50 bits per heavy atom. The quantitative estimate of drug-likeness (QED) is 0.469. The summed E-state index contributed by atoms with van der Waals surface area (Å²) in [6, 6.07) is 1.31. The van der Waals surface area contributed by atoms with Crippen LogP contribution in [0.3, 0.4) is 0 Å². The second kappa shape index (κ2) is 7.37. The lowest BCUT2D eigenvalue weighted by atomic mass is 10.3. The fourth-order valence-corrected chi connectivity index (χ4v) is 2.30. The summed E-state index contributed by atoms with van der Waals surface area (Å²) in [5, 5.41) is 17.5. The number of piperazine rings is 1. The molecular formula is C12H18ClN5O2. The minimum absolute atomic E-state index is 0.0836. The minimum Gasteiger partial charge on any atom is -0.364 e. The second-order valence-corrected chi connectivity index (χ2v) is 5.09. The van der Waals surface area contributed by atoms with Crippen molar-refractivity contribution in [2.75, 3.05) is 44.6 Å². The van der Waals surface area contributed by atoms with Gasteiger partial charge >= 0.3 is 5.69 Å². The molecule has 2 N–H and O–H groups in total. The summed E-state index contributed by atoms with van der Waals surface area (Å²) in [5.41, 5.74) is -0.0836. The van der Waals surface area contributed by atoms with Crippen molar-refractivity contribution in [3.8, 4) is 0 Å². The van der Waals surface area contributed by atoms with Gasteiger partial charge in [-0.3, -0.25) is 10.1 Å². The van der Waals surface area contributed by atoms with Gasteiger partial charge in [-0.1, -0.05) is 11.6 Å². The van der Waals surface area contributed by atoms with Crippen molar-refractivity contribution in [1.29, 1.82) is 0 Å². The summed E-state index contributed by atoms with van der Waals surface area (Å²) in [4.78, 5) is 16.8. The lowest BCUT2D eigenvalue weighted by Gasteiger charge is -2.27. The van der Waals surface area contributed by atoms with E-state index in [0.717, 1.165) is 39.1 Å². The molecule has 0 unspecified atom stereocenters. The highest BCUT2D eigenvalue weighted by molar-refractivity contribution is 6.30. The molecule has 0 amide bonds. The summed E-state index contributed by atoms with van der Waals surface area (Å²) < 4.78 is 0. The van der Waals surface area contributed by atoms with Crippen LogP contribution in [0, 0.1) is 10.1 Å². The third-order valence-corrected chi connectivity index (χ3v) is 3.39. The topological polar surface area (TPSA) is 83.3 Å². The first kappa shape index (κ1) is 15.0. The van der Waals surface area contributed by atoms with Gasteiger partial charge in [0.15, 0.2) is 0 Å². The van der Waals surface area contributed by atoms with E-state index in [1.165, 1.54) is 12.3 Å². The van der Waals surface area contributed by atoms with Gasteiger partial charge in [0.2, 0.25) is 5.82 Å². The van der Waals surface area contributed by atoms with Crippen molar-refractivity contribution in [3.63, 3.8) is 0 Å². The molecular weight excluding hydrogens is 282 g/mol. The number of nitrogens with zero attached hydrogens (tertiary/aromatic N) is 3. The first-order valence-electron chi connectivity index (χ1n) is 6.63. The zero-order valence-corrected chi connectivity index (χ0v) is 11.9. The smallest absolute Gasteiger partial charge is 0.312 e. The van der Waals surface area contributed by atoms with Crippen molar-refractivity contribution in [1.82, 2.24) is 15.2 Å². The molecule has 110 valence electrons. The minimum atomic E-state index is -0.475. The summed E-state index contributed by atoms with van der Waals surface area (Å²) in [7, 11) is 0. The highest BCUT2D eigenvalue weighted by atomic mass is 35.5. The van der Waals surface area contributed by atoms with Gasteiger partial charge in [-0.05, 0) is 13.0 Å². The molecule has 1 aromatic heterocycles. The predicted molar refractivity (Wildman–Crippen MR) is 78.3 cm³/mol. The number of rotatable bonds is 6. The third kappa shape index (κ3) is 4.29. The van der Waals surface area contributed by atoms with Gasteiger partial charge in [-0.25, -0.2) is 4.98 Å². The zero-order valence-electron chi connectivity index (χ0n) is 11.1. The molecule has 2 rings (SSSR count). The van der Waals surface area contributed by atoms with Gasteiger partial charge in [0.1, 0.15) is 0 Å². The Hall–Kier alpha value is -1.44. The number of hydrogen-bond donors (Lipinski definition) is 2. The van der Waals surface area contributed by atoms with Crippen molar-refractivity contribution >= 4 is 23.1 Å². The van der Waals surface area contributed by atoms with Crippen molar-refractivity contribution in [2.45, 2.75) is 6.42 Å². The zero-order chi connectivity index (χ0) is 14.4. The molecule has 0 spiro atoms. The van der Waals surface area contributed by atoms with Crippen LogP contribution < -0.4 is 10.6 Å².